The molecule has 2 rings (SSSR count). The molecule has 0 nitrogen and oxygen atoms in total. The van der Waals surface area contributed by atoms with Crippen LogP contribution in [0.2, 0.25) is 5.02 Å². The molecular weight excluding hydrogens is 228 g/mol. The summed E-state index contributed by atoms with van der Waals surface area (Å²) in [4.78, 5) is 0. The lowest BCUT2D eigenvalue weighted by atomic mass is 9.91. The van der Waals surface area contributed by atoms with E-state index >= 15 is 0 Å². The van der Waals surface area contributed by atoms with E-state index in [0.717, 1.165) is 5.02 Å². The highest BCUT2D eigenvalue weighted by Gasteiger charge is 2.12. The molecule has 0 aromatic heterocycles. The molecule has 0 saturated carbocycles. The Morgan fingerprint density at radius 1 is 0.941 bits per heavy atom. The van der Waals surface area contributed by atoms with Gasteiger partial charge < -0.3 is 0 Å². The Morgan fingerprint density at radius 2 is 1.53 bits per heavy atom. The van der Waals surface area contributed by atoms with Crippen LogP contribution in [0.15, 0.2) is 42.5 Å². The van der Waals surface area contributed by atoms with E-state index in [4.69, 9.17) is 11.6 Å². The first-order chi connectivity index (χ1) is 8.09. The standard InChI is InChI=1S/C16H17Cl/c1-11-9-15(16(17)10-12(11)2)13(3)14-7-5-4-6-8-14/h4-10,13H,1-3H3. The lowest BCUT2D eigenvalue weighted by Crippen LogP contribution is -1.98. The van der Waals surface area contributed by atoms with Gasteiger partial charge in [0.1, 0.15) is 0 Å². The largest absolute Gasteiger partial charge is 0.0840 e. The Balaban J connectivity index is 2.44. The molecule has 0 saturated heterocycles. The summed E-state index contributed by atoms with van der Waals surface area (Å²) in [5, 5.41) is 0.865. The van der Waals surface area contributed by atoms with Crippen LogP contribution in [0.25, 0.3) is 0 Å². The van der Waals surface area contributed by atoms with Gasteiger partial charge in [-0.1, -0.05) is 54.9 Å². The Bertz CT molecular complexity index is 515. The van der Waals surface area contributed by atoms with E-state index in [9.17, 15) is 0 Å². The molecular formula is C16H17Cl. The van der Waals surface area contributed by atoms with Gasteiger partial charge in [0.2, 0.25) is 0 Å². The normalized spacial score (nSPS) is 12.5. The first kappa shape index (κ1) is 12.2. The van der Waals surface area contributed by atoms with Crippen LogP contribution in [-0.4, -0.2) is 0 Å². The zero-order valence-corrected chi connectivity index (χ0v) is 11.3. The molecule has 0 aliphatic rings. The van der Waals surface area contributed by atoms with E-state index < -0.39 is 0 Å². The number of hydrogen-bond donors (Lipinski definition) is 0. The zero-order chi connectivity index (χ0) is 12.4. The molecule has 0 radical (unpaired) electrons. The van der Waals surface area contributed by atoms with E-state index in [1.165, 1.54) is 22.3 Å². The lowest BCUT2D eigenvalue weighted by Gasteiger charge is -2.16. The summed E-state index contributed by atoms with van der Waals surface area (Å²) < 4.78 is 0. The summed E-state index contributed by atoms with van der Waals surface area (Å²) in [6.45, 7) is 6.43. The van der Waals surface area contributed by atoms with Gasteiger partial charge in [0.15, 0.2) is 0 Å². The van der Waals surface area contributed by atoms with E-state index in [-0.39, 0.29) is 0 Å². The molecule has 0 amide bonds. The maximum absolute atomic E-state index is 6.35. The fourth-order valence-electron chi connectivity index (χ4n) is 2.06. The van der Waals surface area contributed by atoms with Gasteiger partial charge >= 0.3 is 0 Å². The highest BCUT2D eigenvalue weighted by molar-refractivity contribution is 6.31. The Morgan fingerprint density at radius 3 is 2.18 bits per heavy atom. The zero-order valence-electron chi connectivity index (χ0n) is 10.5. The first-order valence-electron chi connectivity index (χ1n) is 5.91. The highest BCUT2D eigenvalue weighted by Crippen LogP contribution is 2.31. The van der Waals surface area contributed by atoms with Crippen molar-refractivity contribution in [3.63, 3.8) is 0 Å². The van der Waals surface area contributed by atoms with Crippen LogP contribution in [0.5, 0.6) is 0 Å². The van der Waals surface area contributed by atoms with Gasteiger partial charge in [-0.2, -0.15) is 0 Å². The topological polar surface area (TPSA) is 0 Å². The second kappa shape index (κ2) is 4.93. The fourth-order valence-corrected chi connectivity index (χ4v) is 2.44. The molecule has 0 bridgehead atoms. The molecule has 1 heteroatoms. The van der Waals surface area contributed by atoms with Crippen molar-refractivity contribution in [3.8, 4) is 0 Å². The SMILES string of the molecule is Cc1cc(Cl)c(C(C)c2ccccc2)cc1C. The van der Waals surface area contributed by atoms with Crippen molar-refractivity contribution in [2.75, 3.05) is 0 Å². The summed E-state index contributed by atoms with van der Waals surface area (Å²) in [5.74, 6) is 0.336. The predicted octanol–water partition coefficient (Wildman–Crippen LogP) is 5.11. The molecule has 1 unspecified atom stereocenters. The van der Waals surface area contributed by atoms with Gasteiger partial charge in [0.25, 0.3) is 0 Å². The van der Waals surface area contributed by atoms with Crippen LogP contribution in [0.1, 0.15) is 35.1 Å². The molecule has 0 fully saturated rings. The third-order valence-corrected chi connectivity index (χ3v) is 3.71. The van der Waals surface area contributed by atoms with Crippen LogP contribution in [-0.2, 0) is 0 Å². The minimum absolute atomic E-state index is 0.336. The molecule has 0 heterocycles. The third-order valence-electron chi connectivity index (χ3n) is 3.38. The number of benzene rings is 2. The van der Waals surface area contributed by atoms with Crippen LogP contribution >= 0.6 is 11.6 Å². The van der Waals surface area contributed by atoms with Crippen molar-refractivity contribution in [2.45, 2.75) is 26.7 Å². The van der Waals surface area contributed by atoms with E-state index in [0.29, 0.717) is 5.92 Å². The maximum atomic E-state index is 6.35. The lowest BCUT2D eigenvalue weighted by molar-refractivity contribution is 0.919. The molecule has 17 heavy (non-hydrogen) atoms. The Labute approximate surface area is 108 Å². The second-order valence-electron chi connectivity index (χ2n) is 4.59. The average Bonchev–Trinajstić information content (AvgIpc) is 2.34. The minimum atomic E-state index is 0.336. The van der Waals surface area contributed by atoms with Gasteiger partial charge in [-0.05, 0) is 42.2 Å². The summed E-state index contributed by atoms with van der Waals surface area (Å²) in [6, 6.07) is 14.7. The average molecular weight is 245 g/mol. The van der Waals surface area contributed by atoms with Crippen LogP contribution in [0.3, 0.4) is 0 Å². The highest BCUT2D eigenvalue weighted by atomic mass is 35.5. The van der Waals surface area contributed by atoms with Crippen molar-refractivity contribution in [1.29, 1.82) is 0 Å². The quantitative estimate of drug-likeness (QED) is 0.689. The predicted molar refractivity (Wildman–Crippen MR) is 74.9 cm³/mol. The molecule has 2 aromatic carbocycles. The van der Waals surface area contributed by atoms with Crippen LogP contribution < -0.4 is 0 Å². The molecule has 88 valence electrons. The van der Waals surface area contributed by atoms with Crippen LogP contribution in [0.4, 0.5) is 0 Å². The number of halogens is 1. The van der Waals surface area contributed by atoms with Crippen molar-refractivity contribution >= 4 is 11.6 Å². The molecule has 0 aliphatic carbocycles. The van der Waals surface area contributed by atoms with Gasteiger partial charge in [0, 0.05) is 10.9 Å². The monoisotopic (exact) mass is 244 g/mol. The molecule has 0 N–H and O–H groups in total. The number of hydrogen-bond acceptors (Lipinski definition) is 0. The fraction of sp³-hybridized carbons (Fsp3) is 0.250. The Kier molecular flexibility index (Phi) is 3.54. The van der Waals surface area contributed by atoms with Gasteiger partial charge in [0.05, 0.1) is 0 Å². The number of aryl methyl sites for hydroxylation is 2. The number of rotatable bonds is 2. The van der Waals surface area contributed by atoms with Crippen molar-refractivity contribution in [3.05, 3.63) is 69.7 Å². The smallest absolute Gasteiger partial charge is 0.0446 e. The van der Waals surface area contributed by atoms with Crippen LogP contribution in [0, 0.1) is 13.8 Å². The first-order valence-corrected chi connectivity index (χ1v) is 6.29. The van der Waals surface area contributed by atoms with E-state index in [1.54, 1.807) is 0 Å². The molecule has 0 aliphatic heterocycles. The Hall–Kier alpha value is -1.27. The van der Waals surface area contributed by atoms with Gasteiger partial charge in [-0.25, -0.2) is 0 Å². The summed E-state index contributed by atoms with van der Waals surface area (Å²) >= 11 is 6.35. The van der Waals surface area contributed by atoms with Gasteiger partial charge in [-0.15, -0.1) is 0 Å². The molecule has 0 spiro atoms. The summed E-state index contributed by atoms with van der Waals surface area (Å²) in [7, 11) is 0. The van der Waals surface area contributed by atoms with Gasteiger partial charge in [-0.3, -0.25) is 0 Å². The maximum Gasteiger partial charge on any atom is 0.0446 e. The third kappa shape index (κ3) is 2.53. The van der Waals surface area contributed by atoms with Crippen molar-refractivity contribution in [1.82, 2.24) is 0 Å². The second-order valence-corrected chi connectivity index (χ2v) is 5.00. The van der Waals surface area contributed by atoms with Crippen molar-refractivity contribution < 1.29 is 0 Å². The minimum Gasteiger partial charge on any atom is -0.0840 e. The van der Waals surface area contributed by atoms with E-state index in [1.807, 2.05) is 6.07 Å². The van der Waals surface area contributed by atoms with E-state index in [2.05, 4.69) is 57.2 Å². The summed E-state index contributed by atoms with van der Waals surface area (Å²) in [5.41, 5.74) is 5.06. The summed E-state index contributed by atoms with van der Waals surface area (Å²) in [6.07, 6.45) is 0. The molecule has 2 aromatic rings. The molecule has 1 atom stereocenters. The van der Waals surface area contributed by atoms with Crippen molar-refractivity contribution in [2.24, 2.45) is 0 Å².